The van der Waals surface area contributed by atoms with Gasteiger partial charge in [-0.2, -0.15) is 0 Å². The van der Waals surface area contributed by atoms with Crippen LogP contribution in [-0.4, -0.2) is 24.5 Å². The molecule has 1 aromatic carbocycles. The molecule has 100 valence electrons. The molecule has 0 amide bonds. The highest BCUT2D eigenvalue weighted by Crippen LogP contribution is 2.22. The van der Waals surface area contributed by atoms with Gasteiger partial charge >= 0.3 is 5.97 Å². The van der Waals surface area contributed by atoms with Gasteiger partial charge in [-0.3, -0.25) is 4.72 Å². The Hall–Kier alpha value is -1.80. The zero-order valence-electron chi connectivity index (χ0n) is 9.42. The molecule has 0 saturated heterocycles. The van der Waals surface area contributed by atoms with Crippen LogP contribution in [0.2, 0.25) is 0 Å². The lowest BCUT2D eigenvalue weighted by Crippen LogP contribution is -2.12. The van der Waals surface area contributed by atoms with Crippen molar-refractivity contribution in [2.24, 2.45) is 0 Å². The number of H-pyrrole nitrogens is 1. The second-order valence-electron chi connectivity index (χ2n) is 3.69. The molecule has 2 aromatic rings. The highest BCUT2D eigenvalue weighted by molar-refractivity contribution is 9.10. The van der Waals surface area contributed by atoms with Gasteiger partial charge in [-0.15, -0.1) is 0 Å². The van der Waals surface area contributed by atoms with E-state index in [2.05, 4.69) is 25.6 Å². The normalized spacial score (nSPS) is 11.2. The number of aromatic carboxylic acids is 1. The average molecular weight is 345 g/mol. The van der Waals surface area contributed by atoms with Gasteiger partial charge in [0, 0.05) is 16.9 Å². The largest absolute Gasteiger partial charge is 0.478 e. The minimum atomic E-state index is -3.72. The number of aromatic amines is 1. The number of hydrogen-bond acceptors (Lipinski definition) is 3. The highest BCUT2D eigenvalue weighted by Gasteiger charge is 2.15. The van der Waals surface area contributed by atoms with Crippen molar-refractivity contribution in [2.75, 3.05) is 4.72 Å². The fraction of sp³-hybridized carbons (Fsp3) is 0. The minimum absolute atomic E-state index is 0.0128. The van der Waals surface area contributed by atoms with Gasteiger partial charge in [0.15, 0.2) is 0 Å². The lowest BCUT2D eigenvalue weighted by Gasteiger charge is -2.08. The summed E-state index contributed by atoms with van der Waals surface area (Å²) in [5.74, 6) is -1.14. The summed E-state index contributed by atoms with van der Waals surface area (Å²) in [5.41, 5.74) is 0.161. The molecule has 0 spiro atoms. The Morgan fingerprint density at radius 3 is 2.63 bits per heavy atom. The van der Waals surface area contributed by atoms with Crippen molar-refractivity contribution in [1.29, 1.82) is 0 Å². The second kappa shape index (κ2) is 5.06. The molecule has 6 nitrogen and oxygen atoms in total. The molecule has 0 fully saturated rings. The summed E-state index contributed by atoms with van der Waals surface area (Å²) < 4.78 is 26.7. The fourth-order valence-electron chi connectivity index (χ4n) is 1.46. The van der Waals surface area contributed by atoms with Gasteiger partial charge in [0.1, 0.15) is 4.90 Å². The van der Waals surface area contributed by atoms with Crippen molar-refractivity contribution in [3.05, 3.63) is 46.7 Å². The number of nitrogens with one attached hydrogen (secondary N) is 2. The summed E-state index contributed by atoms with van der Waals surface area (Å²) in [5, 5.41) is 8.91. The lowest BCUT2D eigenvalue weighted by atomic mass is 10.2. The summed E-state index contributed by atoms with van der Waals surface area (Å²) in [6.45, 7) is 0. The molecule has 0 atom stereocenters. The molecule has 0 aliphatic carbocycles. The standard InChI is InChI=1S/C11H9BrN2O4S/c12-8-3-7(11(15)16)4-9(5-8)14-19(17,18)10-1-2-13-6-10/h1-6,13-14H,(H,15,16). The molecular weight excluding hydrogens is 336 g/mol. The monoisotopic (exact) mass is 344 g/mol. The number of sulfonamides is 1. The van der Waals surface area contributed by atoms with Crippen LogP contribution in [0.1, 0.15) is 10.4 Å². The summed E-state index contributed by atoms with van der Waals surface area (Å²) >= 11 is 3.13. The second-order valence-corrected chi connectivity index (χ2v) is 6.28. The molecule has 1 heterocycles. The number of halogens is 1. The molecule has 2 rings (SSSR count). The van der Waals surface area contributed by atoms with Crippen molar-refractivity contribution in [3.63, 3.8) is 0 Å². The van der Waals surface area contributed by atoms with Gasteiger partial charge in [-0.1, -0.05) is 15.9 Å². The molecular formula is C11H9BrN2O4S. The molecule has 19 heavy (non-hydrogen) atoms. The number of carbonyl (C=O) groups is 1. The Bertz CT molecular complexity index is 710. The molecule has 0 aliphatic heterocycles. The van der Waals surface area contributed by atoms with Gasteiger partial charge in [-0.25, -0.2) is 13.2 Å². The predicted octanol–water partition coefficient (Wildman–Crippen LogP) is 2.28. The predicted molar refractivity (Wildman–Crippen MR) is 72.7 cm³/mol. The van der Waals surface area contributed by atoms with E-state index in [0.29, 0.717) is 4.47 Å². The van der Waals surface area contributed by atoms with Crippen molar-refractivity contribution >= 4 is 37.6 Å². The maximum absolute atomic E-state index is 12.0. The van der Waals surface area contributed by atoms with Gasteiger partial charge in [0.25, 0.3) is 10.0 Å². The van der Waals surface area contributed by atoms with E-state index in [4.69, 9.17) is 5.11 Å². The maximum atomic E-state index is 12.0. The highest BCUT2D eigenvalue weighted by atomic mass is 79.9. The third kappa shape index (κ3) is 3.15. The van der Waals surface area contributed by atoms with E-state index in [1.54, 1.807) is 0 Å². The number of carboxylic acids is 1. The SMILES string of the molecule is O=C(O)c1cc(Br)cc(NS(=O)(=O)c2cc[nH]c2)c1. The van der Waals surface area contributed by atoms with Crippen LogP contribution >= 0.6 is 15.9 Å². The number of aromatic nitrogens is 1. The van der Waals surface area contributed by atoms with Crippen molar-refractivity contribution in [3.8, 4) is 0 Å². The third-order valence-corrected chi connectivity index (χ3v) is 4.11. The Balaban J connectivity index is 2.37. The summed E-state index contributed by atoms with van der Waals surface area (Å²) in [4.78, 5) is 13.6. The molecule has 1 aromatic heterocycles. The summed E-state index contributed by atoms with van der Waals surface area (Å²) in [6.07, 6.45) is 2.82. The van der Waals surface area contributed by atoms with Crippen LogP contribution in [0.25, 0.3) is 0 Å². The van der Waals surface area contributed by atoms with E-state index >= 15 is 0 Å². The van der Waals surface area contributed by atoms with E-state index in [0.717, 1.165) is 0 Å². The van der Waals surface area contributed by atoms with E-state index in [1.807, 2.05) is 0 Å². The smallest absolute Gasteiger partial charge is 0.335 e. The molecule has 3 N–H and O–H groups in total. The quantitative estimate of drug-likeness (QED) is 0.792. The van der Waals surface area contributed by atoms with Crippen LogP contribution in [-0.2, 0) is 10.0 Å². The third-order valence-electron chi connectivity index (χ3n) is 2.28. The van der Waals surface area contributed by atoms with Gasteiger partial charge < -0.3 is 10.1 Å². The van der Waals surface area contributed by atoms with Crippen LogP contribution in [0.4, 0.5) is 5.69 Å². The summed E-state index contributed by atoms with van der Waals surface area (Å²) in [6, 6.07) is 5.52. The molecule has 0 bridgehead atoms. The Kier molecular flexibility index (Phi) is 3.63. The van der Waals surface area contributed by atoms with E-state index < -0.39 is 16.0 Å². The van der Waals surface area contributed by atoms with Crippen LogP contribution in [0.3, 0.4) is 0 Å². The van der Waals surface area contributed by atoms with E-state index in [9.17, 15) is 13.2 Å². The number of anilines is 1. The lowest BCUT2D eigenvalue weighted by molar-refractivity contribution is 0.0697. The molecule has 0 aliphatic rings. The average Bonchev–Trinajstić information content (AvgIpc) is 2.81. The first-order chi connectivity index (χ1) is 8.88. The molecule has 0 saturated carbocycles. The zero-order valence-corrected chi connectivity index (χ0v) is 11.8. The topological polar surface area (TPSA) is 99.3 Å². The van der Waals surface area contributed by atoms with Crippen LogP contribution < -0.4 is 4.72 Å². The Labute approximate surface area is 117 Å². The zero-order chi connectivity index (χ0) is 14.0. The van der Waals surface area contributed by atoms with Crippen LogP contribution in [0, 0.1) is 0 Å². The van der Waals surface area contributed by atoms with Gasteiger partial charge in [-0.05, 0) is 24.3 Å². The number of carboxylic acid groups (broad SMARTS) is 1. The first-order valence-corrected chi connectivity index (χ1v) is 7.35. The number of benzene rings is 1. The van der Waals surface area contributed by atoms with E-state index in [1.165, 1.54) is 36.7 Å². The van der Waals surface area contributed by atoms with Crippen molar-refractivity contribution < 1.29 is 18.3 Å². The van der Waals surface area contributed by atoms with Crippen molar-refractivity contribution in [1.82, 2.24) is 4.98 Å². The number of rotatable bonds is 4. The molecule has 0 radical (unpaired) electrons. The van der Waals surface area contributed by atoms with Gasteiger partial charge in [0.2, 0.25) is 0 Å². The van der Waals surface area contributed by atoms with Crippen molar-refractivity contribution in [2.45, 2.75) is 4.90 Å². The van der Waals surface area contributed by atoms with Crippen LogP contribution in [0.15, 0.2) is 46.0 Å². The van der Waals surface area contributed by atoms with Gasteiger partial charge in [0.05, 0.1) is 11.3 Å². The molecule has 0 unspecified atom stereocenters. The number of hydrogen-bond donors (Lipinski definition) is 3. The first kappa shape index (κ1) is 13.6. The first-order valence-electron chi connectivity index (χ1n) is 5.08. The summed E-state index contributed by atoms with van der Waals surface area (Å²) in [7, 11) is -3.72. The fourth-order valence-corrected chi connectivity index (χ4v) is 2.97. The maximum Gasteiger partial charge on any atom is 0.335 e. The van der Waals surface area contributed by atoms with Crippen LogP contribution in [0.5, 0.6) is 0 Å². The molecule has 8 heteroatoms. The Morgan fingerprint density at radius 2 is 2.05 bits per heavy atom. The minimum Gasteiger partial charge on any atom is -0.478 e. The van der Waals surface area contributed by atoms with E-state index in [-0.39, 0.29) is 16.1 Å². The Morgan fingerprint density at radius 1 is 1.32 bits per heavy atom.